The molecule has 0 aliphatic carbocycles. The summed E-state index contributed by atoms with van der Waals surface area (Å²) in [6.45, 7) is 8.69. The minimum Gasteiger partial charge on any atom is -0.154 e. The largest absolute Gasteiger partial charge is 0.154 e. The molecule has 0 aliphatic heterocycles. The molecule has 0 aliphatic rings. The molecule has 0 N–H and O–H groups in total. The van der Waals surface area contributed by atoms with Crippen molar-refractivity contribution < 1.29 is 0 Å². The predicted molar refractivity (Wildman–Crippen MR) is 60.8 cm³/mol. The summed E-state index contributed by atoms with van der Waals surface area (Å²) in [5, 5.41) is 0.783. The first-order valence-corrected chi connectivity index (χ1v) is 5.68. The minimum absolute atomic E-state index is 0.783. The second kappa shape index (κ2) is 7.48. The Bertz CT molecular complexity index is 156. The first kappa shape index (κ1) is 11.8. The van der Waals surface area contributed by atoms with Gasteiger partial charge in [0.2, 0.25) is 0 Å². The SMILES string of the molecule is C/C=C\C(=C/C)CSC(C)CC. The van der Waals surface area contributed by atoms with Crippen molar-refractivity contribution in [3.63, 3.8) is 0 Å². The van der Waals surface area contributed by atoms with Crippen molar-refractivity contribution in [3.05, 3.63) is 23.8 Å². The maximum Gasteiger partial charge on any atom is 0.0183 e. The molecule has 0 aromatic heterocycles. The zero-order valence-corrected chi connectivity index (χ0v) is 9.45. The Hall–Kier alpha value is -0.170. The van der Waals surface area contributed by atoms with Gasteiger partial charge in [0, 0.05) is 11.0 Å². The normalized spacial score (nSPS) is 15.5. The minimum atomic E-state index is 0.783. The van der Waals surface area contributed by atoms with Crippen molar-refractivity contribution in [2.24, 2.45) is 0 Å². The zero-order chi connectivity index (χ0) is 9.40. The molecule has 0 aromatic carbocycles. The molecule has 12 heavy (non-hydrogen) atoms. The third-order valence-electron chi connectivity index (χ3n) is 1.86. The van der Waals surface area contributed by atoms with Crippen LogP contribution >= 0.6 is 11.8 Å². The van der Waals surface area contributed by atoms with Crippen molar-refractivity contribution in [2.45, 2.75) is 39.4 Å². The molecular formula is C11H20S. The number of rotatable bonds is 5. The summed E-state index contributed by atoms with van der Waals surface area (Å²) in [5.41, 5.74) is 1.43. The maximum atomic E-state index is 2.29. The van der Waals surface area contributed by atoms with E-state index in [-0.39, 0.29) is 0 Å². The Morgan fingerprint density at radius 2 is 2.08 bits per heavy atom. The molecule has 0 spiro atoms. The second-order valence-electron chi connectivity index (χ2n) is 2.89. The summed E-state index contributed by atoms with van der Waals surface area (Å²) in [4.78, 5) is 0. The molecule has 0 fully saturated rings. The van der Waals surface area contributed by atoms with Crippen LogP contribution < -0.4 is 0 Å². The number of hydrogen-bond donors (Lipinski definition) is 0. The van der Waals surface area contributed by atoms with Crippen LogP contribution in [0.2, 0.25) is 0 Å². The van der Waals surface area contributed by atoms with Gasteiger partial charge in [-0.05, 0) is 25.8 Å². The zero-order valence-electron chi connectivity index (χ0n) is 8.63. The molecule has 1 heteroatoms. The Kier molecular flexibility index (Phi) is 7.37. The third-order valence-corrected chi connectivity index (χ3v) is 3.26. The highest BCUT2D eigenvalue weighted by atomic mass is 32.2. The van der Waals surface area contributed by atoms with Gasteiger partial charge in [-0.2, -0.15) is 11.8 Å². The van der Waals surface area contributed by atoms with Gasteiger partial charge < -0.3 is 0 Å². The van der Waals surface area contributed by atoms with E-state index in [4.69, 9.17) is 0 Å². The molecule has 0 saturated heterocycles. The van der Waals surface area contributed by atoms with Crippen molar-refractivity contribution >= 4 is 11.8 Å². The van der Waals surface area contributed by atoms with Crippen molar-refractivity contribution in [2.75, 3.05) is 5.75 Å². The van der Waals surface area contributed by atoms with Crippen molar-refractivity contribution in [1.29, 1.82) is 0 Å². The Balaban J connectivity index is 3.74. The fourth-order valence-electron chi connectivity index (χ4n) is 0.798. The molecule has 0 amide bonds. The van der Waals surface area contributed by atoms with Gasteiger partial charge in [-0.15, -0.1) is 0 Å². The predicted octanol–water partition coefficient (Wildman–Crippen LogP) is 4.04. The van der Waals surface area contributed by atoms with Crippen LogP contribution in [0.15, 0.2) is 23.8 Å². The second-order valence-corrected chi connectivity index (χ2v) is 4.32. The van der Waals surface area contributed by atoms with Gasteiger partial charge in [0.25, 0.3) is 0 Å². The molecule has 0 saturated carbocycles. The first-order valence-electron chi connectivity index (χ1n) is 4.64. The fraction of sp³-hybridized carbons (Fsp3) is 0.636. The van der Waals surface area contributed by atoms with Crippen LogP contribution in [0, 0.1) is 0 Å². The van der Waals surface area contributed by atoms with Gasteiger partial charge in [-0.3, -0.25) is 0 Å². The summed E-state index contributed by atoms with van der Waals surface area (Å²) >= 11 is 2.03. The standard InChI is InChI=1S/C11H20S/c1-5-8-11(7-3)9-12-10(4)6-2/h5,7-8,10H,6,9H2,1-4H3/b8-5-,11-7+. The molecular weight excluding hydrogens is 164 g/mol. The van der Waals surface area contributed by atoms with Gasteiger partial charge >= 0.3 is 0 Å². The monoisotopic (exact) mass is 184 g/mol. The van der Waals surface area contributed by atoms with Crippen LogP contribution in [0.1, 0.15) is 34.1 Å². The van der Waals surface area contributed by atoms with Gasteiger partial charge in [-0.25, -0.2) is 0 Å². The van der Waals surface area contributed by atoms with E-state index in [1.807, 2.05) is 11.8 Å². The van der Waals surface area contributed by atoms with Gasteiger partial charge in [0.1, 0.15) is 0 Å². The van der Waals surface area contributed by atoms with E-state index >= 15 is 0 Å². The molecule has 0 heterocycles. The Labute approximate surface area is 81.1 Å². The molecule has 1 unspecified atom stereocenters. The highest BCUT2D eigenvalue weighted by Gasteiger charge is 1.99. The number of thioether (sulfide) groups is 1. The summed E-state index contributed by atoms with van der Waals surface area (Å²) in [6.07, 6.45) is 7.74. The average Bonchev–Trinajstić information content (AvgIpc) is 2.11. The Morgan fingerprint density at radius 3 is 2.50 bits per heavy atom. The van der Waals surface area contributed by atoms with Crippen LogP contribution in [0.25, 0.3) is 0 Å². The summed E-state index contributed by atoms with van der Waals surface area (Å²) in [6, 6.07) is 0. The molecule has 0 bridgehead atoms. The van der Waals surface area contributed by atoms with Crippen LogP contribution in [0.5, 0.6) is 0 Å². The number of allylic oxidation sites excluding steroid dienone is 3. The van der Waals surface area contributed by atoms with Crippen molar-refractivity contribution in [3.8, 4) is 0 Å². The van der Waals surface area contributed by atoms with E-state index in [2.05, 4.69) is 45.9 Å². The molecule has 70 valence electrons. The molecule has 0 aromatic rings. The maximum absolute atomic E-state index is 2.29. The lowest BCUT2D eigenvalue weighted by molar-refractivity contribution is 0.907. The lowest BCUT2D eigenvalue weighted by Crippen LogP contribution is -1.95. The summed E-state index contributed by atoms with van der Waals surface area (Å²) in [7, 11) is 0. The van der Waals surface area contributed by atoms with E-state index in [1.54, 1.807) is 0 Å². The van der Waals surface area contributed by atoms with Gasteiger partial charge in [0.15, 0.2) is 0 Å². The third kappa shape index (κ3) is 5.48. The number of hydrogen-bond acceptors (Lipinski definition) is 1. The van der Waals surface area contributed by atoms with Crippen LogP contribution in [0.4, 0.5) is 0 Å². The van der Waals surface area contributed by atoms with Gasteiger partial charge in [-0.1, -0.05) is 32.1 Å². The van der Waals surface area contributed by atoms with E-state index < -0.39 is 0 Å². The smallest absolute Gasteiger partial charge is 0.0183 e. The van der Waals surface area contributed by atoms with Gasteiger partial charge in [0.05, 0.1) is 0 Å². The molecule has 0 nitrogen and oxygen atoms in total. The molecule has 0 rings (SSSR count). The van der Waals surface area contributed by atoms with Crippen LogP contribution in [0.3, 0.4) is 0 Å². The first-order chi connectivity index (χ1) is 5.74. The molecule has 0 radical (unpaired) electrons. The lowest BCUT2D eigenvalue weighted by atomic mass is 10.3. The van der Waals surface area contributed by atoms with Crippen molar-refractivity contribution in [1.82, 2.24) is 0 Å². The topological polar surface area (TPSA) is 0 Å². The van der Waals surface area contributed by atoms with E-state index in [0.29, 0.717) is 0 Å². The summed E-state index contributed by atoms with van der Waals surface area (Å²) in [5.74, 6) is 1.15. The highest BCUT2D eigenvalue weighted by Crippen LogP contribution is 2.17. The van der Waals surface area contributed by atoms with Crippen LogP contribution in [-0.4, -0.2) is 11.0 Å². The Morgan fingerprint density at radius 1 is 1.42 bits per heavy atom. The lowest BCUT2D eigenvalue weighted by Gasteiger charge is -2.07. The summed E-state index contributed by atoms with van der Waals surface area (Å²) < 4.78 is 0. The van der Waals surface area contributed by atoms with E-state index in [1.165, 1.54) is 12.0 Å². The van der Waals surface area contributed by atoms with E-state index in [9.17, 15) is 0 Å². The highest BCUT2D eigenvalue weighted by molar-refractivity contribution is 8.00. The fourth-order valence-corrected chi connectivity index (χ4v) is 1.77. The quantitative estimate of drug-likeness (QED) is 0.581. The van der Waals surface area contributed by atoms with Crippen LogP contribution in [-0.2, 0) is 0 Å². The average molecular weight is 184 g/mol. The molecule has 1 atom stereocenters. The van der Waals surface area contributed by atoms with E-state index in [0.717, 1.165) is 11.0 Å².